The Bertz CT molecular complexity index is 1160. The van der Waals surface area contributed by atoms with Gasteiger partial charge in [-0.3, -0.25) is 0 Å². The van der Waals surface area contributed by atoms with Crippen LogP contribution in [0.4, 0.5) is 11.8 Å². The molecule has 1 atom stereocenters. The van der Waals surface area contributed by atoms with Crippen LogP contribution < -0.4 is 15.6 Å². The van der Waals surface area contributed by atoms with Crippen LogP contribution in [-0.2, 0) is 13.1 Å². The van der Waals surface area contributed by atoms with Crippen LogP contribution in [0, 0.1) is 5.92 Å². The minimum absolute atomic E-state index is 0.0139. The second-order valence-corrected chi connectivity index (χ2v) is 8.10. The van der Waals surface area contributed by atoms with Crippen LogP contribution in [0.3, 0.4) is 0 Å². The number of aromatic nitrogens is 5. The van der Waals surface area contributed by atoms with Gasteiger partial charge in [0.2, 0.25) is 11.6 Å². The number of imidazole rings is 1. The van der Waals surface area contributed by atoms with Gasteiger partial charge >= 0.3 is 0 Å². The molecule has 0 spiro atoms. The molecule has 0 saturated heterocycles. The normalized spacial score (nSPS) is 11.2. The van der Waals surface area contributed by atoms with Gasteiger partial charge in [-0.15, -0.1) is 0 Å². The van der Waals surface area contributed by atoms with E-state index in [1.165, 1.54) is 0 Å². The van der Waals surface area contributed by atoms with Gasteiger partial charge in [-0.2, -0.15) is 9.97 Å². The lowest BCUT2D eigenvalue weighted by molar-refractivity contribution is -0.364. The van der Waals surface area contributed by atoms with Crippen molar-refractivity contribution in [2.24, 2.45) is 5.92 Å². The molecule has 0 fully saturated rings. The quantitative estimate of drug-likeness (QED) is 0.288. The number of benzene rings is 1. The number of pyridine rings is 1. The largest absolute Gasteiger partial charge is 0.394 e. The van der Waals surface area contributed by atoms with E-state index < -0.39 is 0 Å². The maximum Gasteiger partial charge on any atom is 0.227 e. The highest BCUT2D eigenvalue weighted by Crippen LogP contribution is 2.23. The van der Waals surface area contributed by atoms with Crippen LogP contribution in [0.15, 0.2) is 55.0 Å². The summed E-state index contributed by atoms with van der Waals surface area (Å²) in [4.78, 5) is 17.1. The summed E-state index contributed by atoms with van der Waals surface area (Å²) in [5.41, 5.74) is 4.85. The lowest BCUT2D eigenvalue weighted by Crippen LogP contribution is -2.30. The Morgan fingerprint density at radius 1 is 1.00 bits per heavy atom. The van der Waals surface area contributed by atoms with Crippen molar-refractivity contribution in [1.29, 1.82) is 0 Å². The van der Waals surface area contributed by atoms with E-state index in [0.717, 1.165) is 34.5 Å². The number of nitrogens with zero attached hydrogens (tertiary/aromatic N) is 4. The summed E-state index contributed by atoms with van der Waals surface area (Å²) in [7, 11) is 0. The van der Waals surface area contributed by atoms with E-state index in [-0.39, 0.29) is 18.6 Å². The summed E-state index contributed by atoms with van der Waals surface area (Å²) in [5, 5.41) is 16.4. The first kappa shape index (κ1) is 28.7. The van der Waals surface area contributed by atoms with E-state index in [2.05, 4.69) is 81.7 Å². The van der Waals surface area contributed by atoms with Gasteiger partial charge in [0.1, 0.15) is 0 Å². The lowest BCUT2D eigenvalue weighted by atomic mass is 10.1. The smallest absolute Gasteiger partial charge is 0.227 e. The zero-order valence-corrected chi connectivity index (χ0v) is 22.7. The first-order chi connectivity index (χ1) is 17.6. The fourth-order valence-corrected chi connectivity index (χ4v) is 3.51. The maximum atomic E-state index is 9.70. The highest BCUT2D eigenvalue weighted by molar-refractivity contribution is 5.84. The molecule has 1 unspecified atom stereocenters. The Hall–Kier alpha value is -3.52. The Balaban J connectivity index is 0.00000109. The molecular formula is C28H42N7O+. The molecule has 0 saturated carbocycles. The molecule has 3 heterocycles. The molecule has 0 aliphatic rings. The van der Waals surface area contributed by atoms with Gasteiger partial charge in [0.05, 0.1) is 19.0 Å². The molecule has 8 heteroatoms. The third-order valence-corrected chi connectivity index (χ3v) is 5.55. The minimum atomic E-state index is -0.124. The summed E-state index contributed by atoms with van der Waals surface area (Å²) < 4.78 is 1.99. The van der Waals surface area contributed by atoms with Crippen molar-refractivity contribution in [3.05, 3.63) is 60.6 Å². The van der Waals surface area contributed by atoms with Gasteiger partial charge in [0, 0.05) is 30.8 Å². The molecule has 36 heavy (non-hydrogen) atoms. The number of aliphatic hydroxyl groups excluding tert-OH is 1. The van der Waals surface area contributed by atoms with Gasteiger partial charge in [0.25, 0.3) is 0 Å². The number of nitrogens with one attached hydrogen (secondary N) is 3. The van der Waals surface area contributed by atoms with Crippen LogP contribution in [0.2, 0.25) is 0 Å². The van der Waals surface area contributed by atoms with Crippen molar-refractivity contribution in [1.82, 2.24) is 19.5 Å². The summed E-state index contributed by atoms with van der Waals surface area (Å²) in [6.07, 6.45) is 3.71. The summed E-state index contributed by atoms with van der Waals surface area (Å²) in [6, 6.07) is 14.3. The number of rotatable bonds is 9. The molecule has 8 nitrogen and oxygen atoms in total. The SMILES string of the molecule is CC.CC.CCn1cnc2c(NCc3ccc(-c4cccc[nH+]4)cc3)nc(NC(CO)C(C)C)nc21. The first-order valence-electron chi connectivity index (χ1n) is 13.0. The first-order valence-corrected chi connectivity index (χ1v) is 13.0. The van der Waals surface area contributed by atoms with E-state index in [1.807, 2.05) is 50.6 Å². The minimum Gasteiger partial charge on any atom is -0.394 e. The van der Waals surface area contributed by atoms with Gasteiger partial charge in [0.15, 0.2) is 23.2 Å². The number of aromatic amines is 1. The molecule has 3 aromatic heterocycles. The average molecular weight is 493 g/mol. The number of aliphatic hydroxyl groups is 1. The molecule has 0 aliphatic carbocycles. The molecule has 0 bridgehead atoms. The Morgan fingerprint density at radius 3 is 2.31 bits per heavy atom. The van der Waals surface area contributed by atoms with Crippen LogP contribution >= 0.6 is 0 Å². The van der Waals surface area contributed by atoms with Crippen molar-refractivity contribution in [2.45, 2.75) is 67.6 Å². The fourth-order valence-electron chi connectivity index (χ4n) is 3.51. The molecule has 0 amide bonds. The van der Waals surface area contributed by atoms with Gasteiger partial charge in [-0.05, 0) is 36.6 Å². The Labute approximate surface area is 215 Å². The second kappa shape index (κ2) is 14.8. The van der Waals surface area contributed by atoms with E-state index in [9.17, 15) is 5.11 Å². The molecule has 1 aromatic carbocycles. The predicted molar refractivity (Wildman–Crippen MR) is 149 cm³/mol. The maximum absolute atomic E-state index is 9.70. The van der Waals surface area contributed by atoms with E-state index >= 15 is 0 Å². The highest BCUT2D eigenvalue weighted by Gasteiger charge is 2.17. The Morgan fingerprint density at radius 2 is 1.72 bits per heavy atom. The number of hydrogen-bond acceptors (Lipinski definition) is 6. The van der Waals surface area contributed by atoms with Crippen LogP contribution in [0.25, 0.3) is 22.4 Å². The fraction of sp³-hybridized carbons (Fsp3) is 0.429. The second-order valence-electron chi connectivity index (χ2n) is 8.10. The molecule has 0 radical (unpaired) electrons. The third kappa shape index (κ3) is 7.24. The number of hydrogen-bond donors (Lipinski definition) is 3. The van der Waals surface area contributed by atoms with Gasteiger partial charge < -0.3 is 20.3 Å². The predicted octanol–water partition coefficient (Wildman–Crippen LogP) is 5.42. The lowest BCUT2D eigenvalue weighted by Gasteiger charge is -2.20. The zero-order valence-electron chi connectivity index (χ0n) is 22.7. The van der Waals surface area contributed by atoms with Crippen molar-refractivity contribution in [3.8, 4) is 11.3 Å². The topological polar surface area (TPSA) is 102 Å². The Kier molecular flexibility index (Phi) is 11.8. The van der Waals surface area contributed by atoms with Gasteiger partial charge in [-0.25, -0.2) is 9.97 Å². The third-order valence-electron chi connectivity index (χ3n) is 5.55. The van der Waals surface area contributed by atoms with Crippen molar-refractivity contribution in [2.75, 3.05) is 17.2 Å². The molecule has 4 N–H and O–H groups in total. The number of aryl methyl sites for hydroxylation is 1. The molecule has 4 aromatic rings. The van der Waals surface area contributed by atoms with E-state index in [1.54, 1.807) is 6.33 Å². The van der Waals surface area contributed by atoms with Gasteiger partial charge in [-0.1, -0.05) is 53.7 Å². The van der Waals surface area contributed by atoms with Crippen LogP contribution in [-0.4, -0.2) is 37.3 Å². The standard InChI is InChI=1S/C24H29N7O.2C2H6/c1-4-31-15-27-21-22(29-24(30-23(21)31)28-20(14-32)16(2)3)26-13-17-8-10-18(11-9-17)19-7-5-6-12-25-19;2*1-2/h5-12,15-16,20,32H,4,13-14H2,1-3H3,(H2,26,28,29,30);2*1-2H3/p+1. The van der Waals surface area contributed by atoms with Crippen molar-refractivity contribution in [3.63, 3.8) is 0 Å². The summed E-state index contributed by atoms with van der Waals surface area (Å²) in [6.45, 7) is 15.5. The zero-order chi connectivity index (χ0) is 26.5. The number of H-pyrrole nitrogens is 1. The molecule has 194 valence electrons. The van der Waals surface area contributed by atoms with Crippen molar-refractivity contribution >= 4 is 22.9 Å². The average Bonchev–Trinajstić information content (AvgIpc) is 3.36. The summed E-state index contributed by atoms with van der Waals surface area (Å²) in [5.74, 6) is 1.40. The molecular weight excluding hydrogens is 450 g/mol. The van der Waals surface area contributed by atoms with E-state index in [4.69, 9.17) is 0 Å². The number of fused-ring (bicyclic) bond motifs is 1. The molecule has 0 aliphatic heterocycles. The summed E-state index contributed by atoms with van der Waals surface area (Å²) >= 11 is 0. The monoisotopic (exact) mass is 492 g/mol. The van der Waals surface area contributed by atoms with E-state index in [0.29, 0.717) is 18.3 Å². The van der Waals surface area contributed by atoms with Crippen LogP contribution in [0.5, 0.6) is 0 Å². The van der Waals surface area contributed by atoms with Crippen LogP contribution in [0.1, 0.15) is 54.0 Å². The highest BCUT2D eigenvalue weighted by atomic mass is 16.3. The van der Waals surface area contributed by atoms with Crippen molar-refractivity contribution < 1.29 is 10.1 Å². The number of anilines is 2. The molecule has 4 rings (SSSR count).